The molecule has 1 N–H and O–H groups in total. The minimum Gasteiger partial charge on any atom is -0.355 e. The Balaban J connectivity index is 1.48. The van der Waals surface area contributed by atoms with E-state index >= 15 is 0 Å². The van der Waals surface area contributed by atoms with Crippen LogP contribution in [0.25, 0.3) is 4.96 Å². The van der Waals surface area contributed by atoms with Gasteiger partial charge < -0.3 is 5.32 Å². The number of hydrogen-bond acceptors (Lipinski definition) is 3. The molecule has 0 bridgehead atoms. The third-order valence-electron chi connectivity index (χ3n) is 3.10. The second kappa shape index (κ2) is 6.28. The van der Waals surface area contributed by atoms with Crippen molar-refractivity contribution >= 4 is 33.8 Å². The zero-order valence-corrected chi connectivity index (χ0v) is 12.8. The summed E-state index contributed by atoms with van der Waals surface area (Å²) in [6.45, 7) is 0.588. The maximum absolute atomic E-state index is 11.9. The topological polar surface area (TPSA) is 46.4 Å². The van der Waals surface area contributed by atoms with Gasteiger partial charge in [-0.2, -0.15) is 0 Å². The van der Waals surface area contributed by atoms with Crippen molar-refractivity contribution in [1.29, 1.82) is 0 Å². The third-order valence-corrected chi connectivity index (χ3v) is 4.11. The Morgan fingerprint density at radius 2 is 2.33 bits per heavy atom. The number of amides is 1. The lowest BCUT2D eigenvalue weighted by Crippen LogP contribution is -2.27. The van der Waals surface area contributed by atoms with Crippen molar-refractivity contribution < 1.29 is 4.79 Å². The molecule has 1 aromatic carbocycles. The number of nitrogens with zero attached hydrogens (tertiary/aromatic N) is 2. The highest BCUT2D eigenvalue weighted by Crippen LogP contribution is 2.12. The van der Waals surface area contributed by atoms with E-state index in [1.807, 2.05) is 40.4 Å². The lowest BCUT2D eigenvalue weighted by atomic mass is 10.1. The van der Waals surface area contributed by atoms with Gasteiger partial charge in [-0.3, -0.25) is 9.20 Å². The van der Waals surface area contributed by atoms with Gasteiger partial charge >= 0.3 is 0 Å². The van der Waals surface area contributed by atoms with Gasteiger partial charge in [0.05, 0.1) is 12.1 Å². The van der Waals surface area contributed by atoms with E-state index in [1.165, 1.54) is 0 Å². The van der Waals surface area contributed by atoms with E-state index in [-0.39, 0.29) is 5.91 Å². The van der Waals surface area contributed by atoms with Gasteiger partial charge in [-0.1, -0.05) is 23.7 Å². The minimum absolute atomic E-state index is 0.00159. The Morgan fingerprint density at radius 3 is 3.14 bits per heavy atom. The quantitative estimate of drug-likeness (QED) is 0.786. The Hall–Kier alpha value is -1.85. The number of fused-ring (bicyclic) bond motifs is 1. The monoisotopic (exact) mass is 319 g/mol. The van der Waals surface area contributed by atoms with Gasteiger partial charge in [0.1, 0.15) is 0 Å². The predicted molar refractivity (Wildman–Crippen MR) is 84.9 cm³/mol. The van der Waals surface area contributed by atoms with E-state index < -0.39 is 0 Å². The molecule has 1 amide bonds. The maximum atomic E-state index is 11.9. The fourth-order valence-electron chi connectivity index (χ4n) is 2.12. The van der Waals surface area contributed by atoms with Crippen molar-refractivity contribution in [2.45, 2.75) is 12.8 Å². The first-order valence-electron chi connectivity index (χ1n) is 6.63. The van der Waals surface area contributed by atoms with E-state index in [1.54, 1.807) is 17.4 Å². The molecule has 2 aromatic heterocycles. The average Bonchev–Trinajstić information content (AvgIpc) is 2.99. The molecule has 4 nitrogen and oxygen atoms in total. The molecule has 21 heavy (non-hydrogen) atoms. The normalized spacial score (nSPS) is 10.9. The van der Waals surface area contributed by atoms with Crippen LogP contribution < -0.4 is 5.32 Å². The van der Waals surface area contributed by atoms with Crippen LogP contribution >= 0.6 is 22.9 Å². The van der Waals surface area contributed by atoms with Gasteiger partial charge in [0.25, 0.3) is 0 Å². The van der Waals surface area contributed by atoms with Crippen molar-refractivity contribution in [1.82, 2.24) is 14.7 Å². The molecule has 0 saturated carbocycles. The first-order valence-corrected chi connectivity index (χ1v) is 7.89. The highest BCUT2D eigenvalue weighted by molar-refractivity contribution is 7.15. The van der Waals surface area contributed by atoms with Crippen LogP contribution in [0.5, 0.6) is 0 Å². The predicted octanol–water partition coefficient (Wildman–Crippen LogP) is 2.95. The summed E-state index contributed by atoms with van der Waals surface area (Å²) in [6, 6.07) is 7.36. The summed E-state index contributed by atoms with van der Waals surface area (Å²) in [7, 11) is 0. The summed E-state index contributed by atoms with van der Waals surface area (Å²) in [5.41, 5.74) is 1.91. The largest absolute Gasteiger partial charge is 0.355 e. The van der Waals surface area contributed by atoms with Gasteiger partial charge in [-0.25, -0.2) is 4.98 Å². The van der Waals surface area contributed by atoms with Crippen LogP contribution in [0.4, 0.5) is 0 Å². The second-order valence-electron chi connectivity index (χ2n) is 4.73. The number of hydrogen-bond donors (Lipinski definition) is 1. The van der Waals surface area contributed by atoms with E-state index in [0.717, 1.165) is 22.6 Å². The summed E-state index contributed by atoms with van der Waals surface area (Å²) < 4.78 is 1.99. The lowest BCUT2D eigenvalue weighted by Gasteiger charge is -2.04. The van der Waals surface area contributed by atoms with Crippen molar-refractivity contribution in [3.8, 4) is 0 Å². The number of nitrogens with one attached hydrogen (secondary N) is 1. The van der Waals surface area contributed by atoms with Crippen molar-refractivity contribution in [3.05, 3.63) is 58.3 Å². The molecular weight excluding hydrogens is 306 g/mol. The van der Waals surface area contributed by atoms with E-state index in [0.29, 0.717) is 18.0 Å². The number of carbonyl (C=O) groups is 1. The average molecular weight is 320 g/mol. The molecule has 0 radical (unpaired) electrons. The van der Waals surface area contributed by atoms with Crippen LogP contribution in [0, 0.1) is 0 Å². The molecular formula is C15H14ClN3OS. The molecule has 0 aliphatic heterocycles. The summed E-state index contributed by atoms with van der Waals surface area (Å²) >= 11 is 7.50. The highest BCUT2D eigenvalue weighted by Gasteiger charge is 2.05. The van der Waals surface area contributed by atoms with Gasteiger partial charge in [-0.15, -0.1) is 11.3 Å². The summed E-state index contributed by atoms with van der Waals surface area (Å²) in [4.78, 5) is 17.3. The minimum atomic E-state index is -0.00159. The molecule has 3 aromatic rings. The van der Waals surface area contributed by atoms with E-state index in [2.05, 4.69) is 10.3 Å². The van der Waals surface area contributed by atoms with Crippen LogP contribution in [0.1, 0.15) is 11.3 Å². The molecule has 3 rings (SSSR count). The van der Waals surface area contributed by atoms with Gasteiger partial charge in [0, 0.05) is 35.8 Å². The Morgan fingerprint density at radius 1 is 1.43 bits per heavy atom. The zero-order chi connectivity index (χ0) is 14.7. The highest BCUT2D eigenvalue weighted by atomic mass is 35.5. The SMILES string of the molecule is O=C(Cc1cccc(Cl)c1)NCCc1cn2ccsc2n1. The van der Waals surface area contributed by atoms with Gasteiger partial charge in [0.15, 0.2) is 4.96 Å². The molecule has 2 heterocycles. The number of imidazole rings is 1. The van der Waals surface area contributed by atoms with Crippen molar-refractivity contribution in [2.75, 3.05) is 6.54 Å². The van der Waals surface area contributed by atoms with Crippen LogP contribution in [-0.4, -0.2) is 21.8 Å². The Bertz CT molecular complexity index is 736. The van der Waals surface area contributed by atoms with Crippen LogP contribution in [0.15, 0.2) is 42.0 Å². The third kappa shape index (κ3) is 3.62. The summed E-state index contributed by atoms with van der Waals surface area (Å²) in [5.74, 6) is -0.00159. The molecule has 0 fully saturated rings. The molecule has 0 atom stereocenters. The Labute approximate surface area is 131 Å². The Kier molecular flexibility index (Phi) is 4.22. The summed E-state index contributed by atoms with van der Waals surface area (Å²) in [5, 5.41) is 5.56. The fourth-order valence-corrected chi connectivity index (χ4v) is 3.05. The molecule has 0 unspecified atom stereocenters. The van der Waals surface area contributed by atoms with Gasteiger partial charge in [-0.05, 0) is 17.7 Å². The molecule has 0 saturated heterocycles. The molecule has 0 spiro atoms. The molecule has 0 aliphatic rings. The van der Waals surface area contributed by atoms with E-state index in [9.17, 15) is 4.79 Å². The fraction of sp³-hybridized carbons (Fsp3) is 0.200. The number of halogens is 1. The van der Waals surface area contributed by atoms with E-state index in [4.69, 9.17) is 11.6 Å². The second-order valence-corrected chi connectivity index (χ2v) is 6.04. The summed E-state index contributed by atoms with van der Waals surface area (Å²) in [6.07, 6.45) is 5.05. The first-order chi connectivity index (χ1) is 10.2. The number of aromatic nitrogens is 2. The number of thiazole rings is 1. The lowest BCUT2D eigenvalue weighted by molar-refractivity contribution is -0.120. The number of carbonyl (C=O) groups excluding carboxylic acids is 1. The van der Waals surface area contributed by atoms with Gasteiger partial charge in [0.2, 0.25) is 5.91 Å². The first kappa shape index (κ1) is 14.1. The number of rotatable bonds is 5. The van der Waals surface area contributed by atoms with Crippen LogP contribution in [0.2, 0.25) is 5.02 Å². The molecule has 108 valence electrons. The van der Waals surface area contributed by atoms with Crippen molar-refractivity contribution in [2.24, 2.45) is 0 Å². The molecule has 6 heteroatoms. The maximum Gasteiger partial charge on any atom is 0.224 e. The van der Waals surface area contributed by atoms with Crippen LogP contribution in [0.3, 0.4) is 0 Å². The van der Waals surface area contributed by atoms with Crippen LogP contribution in [-0.2, 0) is 17.6 Å². The molecule has 0 aliphatic carbocycles. The zero-order valence-electron chi connectivity index (χ0n) is 11.3. The smallest absolute Gasteiger partial charge is 0.224 e. The number of benzene rings is 1. The standard InChI is InChI=1S/C15H14ClN3OS/c16-12-3-1-2-11(8-12)9-14(20)17-5-4-13-10-19-6-7-21-15(19)18-13/h1-3,6-8,10H,4-5,9H2,(H,17,20). The van der Waals surface area contributed by atoms with Crippen molar-refractivity contribution in [3.63, 3.8) is 0 Å².